The van der Waals surface area contributed by atoms with Gasteiger partial charge in [0.15, 0.2) is 0 Å². The van der Waals surface area contributed by atoms with Crippen molar-refractivity contribution in [3.8, 4) is 0 Å². The third-order valence-corrected chi connectivity index (χ3v) is 5.00. The summed E-state index contributed by atoms with van der Waals surface area (Å²) in [6, 6.07) is -0.518. The summed E-state index contributed by atoms with van der Waals surface area (Å²) in [5.74, 6) is 0. The van der Waals surface area contributed by atoms with Crippen LogP contribution in [0.1, 0.15) is 41.5 Å². The highest BCUT2D eigenvalue weighted by atomic mass is 32.2. The van der Waals surface area contributed by atoms with Crippen molar-refractivity contribution in [2.75, 3.05) is 32.5 Å². The van der Waals surface area contributed by atoms with Gasteiger partial charge in [0.25, 0.3) is 0 Å². The van der Waals surface area contributed by atoms with Crippen LogP contribution in [0, 0.1) is 0 Å². The summed E-state index contributed by atoms with van der Waals surface area (Å²) >= 11 is 0. The first-order chi connectivity index (χ1) is 11.7. The number of amides is 2. The van der Waals surface area contributed by atoms with Gasteiger partial charge in [-0.3, -0.25) is 9.11 Å². The fourth-order valence-corrected chi connectivity index (χ4v) is 3.74. The van der Waals surface area contributed by atoms with Gasteiger partial charge in [-0.25, -0.2) is 9.59 Å². The van der Waals surface area contributed by atoms with Gasteiger partial charge in [-0.1, -0.05) is 0 Å². The highest BCUT2D eigenvalue weighted by Crippen LogP contribution is 2.24. The maximum Gasteiger partial charge on any atom is 0.410 e. The molecule has 0 saturated carbocycles. The normalized spacial score (nSPS) is 22.1. The minimum Gasteiger partial charge on any atom is -0.444 e. The average molecular weight is 393 g/mol. The number of carbonyl (C=O) groups is 2. The number of hydrogen-bond donors (Lipinski definition) is 1. The van der Waals surface area contributed by atoms with Crippen molar-refractivity contribution < 1.29 is 28.4 Å². The van der Waals surface area contributed by atoms with Gasteiger partial charge in [-0.15, -0.1) is 0 Å². The Morgan fingerprint density at radius 2 is 1.65 bits per heavy atom. The quantitative estimate of drug-likeness (QED) is 0.780. The van der Waals surface area contributed by atoms with E-state index in [2.05, 4.69) is 0 Å². The van der Waals surface area contributed by atoms with E-state index < -0.39 is 45.5 Å². The van der Waals surface area contributed by atoms with E-state index in [0.717, 1.165) is 0 Å². The van der Waals surface area contributed by atoms with Gasteiger partial charge in [0.05, 0.1) is 17.9 Å². The number of carbonyl (C=O) groups excluding carboxylic acids is 2. The van der Waals surface area contributed by atoms with Crippen LogP contribution in [0.15, 0.2) is 0 Å². The van der Waals surface area contributed by atoms with Crippen LogP contribution in [0.3, 0.4) is 0 Å². The molecule has 8 nitrogen and oxygen atoms in total. The highest BCUT2D eigenvalue weighted by Gasteiger charge is 2.44. The molecule has 2 amide bonds. The second kappa shape index (κ2) is 8.56. The monoisotopic (exact) mass is 392 g/mol. The first-order valence-electron chi connectivity index (χ1n) is 8.66. The topological polar surface area (TPSA) is 96.4 Å². The molecule has 0 aromatic heterocycles. The van der Waals surface area contributed by atoms with Crippen molar-refractivity contribution in [1.29, 1.82) is 0 Å². The number of hydrogen-bond acceptors (Lipinski definition) is 6. The molecule has 1 rings (SSSR count). The molecular weight excluding hydrogens is 360 g/mol. The molecule has 26 heavy (non-hydrogen) atoms. The van der Waals surface area contributed by atoms with E-state index in [-0.39, 0.29) is 26.2 Å². The van der Waals surface area contributed by atoms with Crippen molar-refractivity contribution in [3.63, 3.8) is 0 Å². The van der Waals surface area contributed by atoms with Crippen LogP contribution >= 0.6 is 0 Å². The van der Waals surface area contributed by atoms with Crippen LogP contribution in [-0.4, -0.2) is 86.3 Å². The van der Waals surface area contributed by atoms with E-state index >= 15 is 0 Å². The Hall–Kier alpha value is -1.35. The van der Waals surface area contributed by atoms with Gasteiger partial charge in [-0.2, -0.15) is 0 Å². The first kappa shape index (κ1) is 22.7. The number of aliphatic hydroxyl groups excluding tert-OH is 1. The summed E-state index contributed by atoms with van der Waals surface area (Å²) < 4.78 is 23.0. The minimum atomic E-state index is -1.28. The van der Waals surface area contributed by atoms with Gasteiger partial charge in [0.1, 0.15) is 11.2 Å². The van der Waals surface area contributed by atoms with Gasteiger partial charge >= 0.3 is 12.2 Å². The highest BCUT2D eigenvalue weighted by molar-refractivity contribution is 7.85. The zero-order valence-electron chi connectivity index (χ0n) is 16.8. The Labute approximate surface area is 158 Å². The fraction of sp³-hybridized carbons (Fsp3) is 0.882. The summed E-state index contributed by atoms with van der Waals surface area (Å²) in [7, 11) is -1.28. The predicted molar refractivity (Wildman–Crippen MR) is 99.5 cm³/mol. The molecule has 0 aliphatic carbocycles. The van der Waals surface area contributed by atoms with E-state index in [1.54, 1.807) is 47.8 Å². The lowest BCUT2D eigenvalue weighted by molar-refractivity contribution is 0.0103. The molecule has 3 atom stereocenters. The lowest BCUT2D eigenvalue weighted by Crippen LogP contribution is -2.50. The van der Waals surface area contributed by atoms with Crippen molar-refractivity contribution >= 4 is 23.0 Å². The van der Waals surface area contributed by atoms with Crippen molar-refractivity contribution in [2.45, 2.75) is 64.0 Å². The van der Waals surface area contributed by atoms with Crippen LogP contribution in [0.25, 0.3) is 0 Å². The van der Waals surface area contributed by atoms with Gasteiger partial charge in [-0.05, 0) is 41.5 Å². The maximum atomic E-state index is 12.6. The summed E-state index contributed by atoms with van der Waals surface area (Å²) in [5, 5.41) is 8.92. The molecule has 9 heteroatoms. The van der Waals surface area contributed by atoms with E-state index in [1.165, 1.54) is 9.80 Å². The molecule has 0 radical (unpaired) electrons. The van der Waals surface area contributed by atoms with Crippen LogP contribution in [0.4, 0.5) is 9.59 Å². The smallest absolute Gasteiger partial charge is 0.410 e. The Balaban J connectivity index is 3.02. The van der Waals surface area contributed by atoms with Gasteiger partial charge in [0.2, 0.25) is 0 Å². The number of likely N-dealkylation sites (tertiary alicyclic amines) is 1. The molecule has 0 aromatic carbocycles. The molecule has 1 fully saturated rings. The van der Waals surface area contributed by atoms with E-state index in [4.69, 9.17) is 9.47 Å². The minimum absolute atomic E-state index is 0.0371. The molecule has 0 spiro atoms. The molecule has 1 N–H and O–H groups in total. The third-order valence-electron chi connectivity index (χ3n) is 3.68. The summed E-state index contributed by atoms with van der Waals surface area (Å²) in [6.45, 7) is 10.7. The summed E-state index contributed by atoms with van der Waals surface area (Å²) in [6.07, 6.45) is 0.435. The first-order valence-corrected chi connectivity index (χ1v) is 10.3. The molecule has 0 bridgehead atoms. The second-order valence-electron chi connectivity index (χ2n) is 8.39. The number of rotatable bonds is 4. The summed E-state index contributed by atoms with van der Waals surface area (Å²) in [5.41, 5.74) is -1.35. The Morgan fingerprint density at radius 1 is 1.12 bits per heavy atom. The van der Waals surface area contributed by atoms with Crippen molar-refractivity contribution in [3.05, 3.63) is 0 Å². The molecule has 3 unspecified atom stereocenters. The Bertz CT molecular complexity index is 540. The summed E-state index contributed by atoms with van der Waals surface area (Å²) in [4.78, 5) is 27.8. The average Bonchev–Trinajstić information content (AvgIpc) is 2.85. The molecule has 1 aliphatic rings. The zero-order valence-corrected chi connectivity index (χ0v) is 17.6. The number of nitrogens with zero attached hydrogens (tertiary/aromatic N) is 2. The zero-order chi connectivity index (χ0) is 20.3. The number of ether oxygens (including phenoxy) is 2. The second-order valence-corrected chi connectivity index (χ2v) is 9.99. The van der Waals surface area contributed by atoms with Crippen LogP contribution in [0.5, 0.6) is 0 Å². The van der Waals surface area contributed by atoms with E-state index in [1.807, 2.05) is 0 Å². The van der Waals surface area contributed by atoms with Crippen LogP contribution in [0.2, 0.25) is 0 Å². The lowest BCUT2D eigenvalue weighted by Gasteiger charge is -2.33. The molecule has 1 aliphatic heterocycles. The van der Waals surface area contributed by atoms with Gasteiger partial charge in [0, 0.05) is 36.7 Å². The molecule has 1 heterocycles. The van der Waals surface area contributed by atoms with E-state index in [0.29, 0.717) is 0 Å². The van der Waals surface area contributed by atoms with Crippen molar-refractivity contribution in [2.24, 2.45) is 0 Å². The van der Waals surface area contributed by atoms with Crippen LogP contribution < -0.4 is 0 Å². The predicted octanol–water partition coefficient (Wildman–Crippen LogP) is 1.58. The van der Waals surface area contributed by atoms with Crippen molar-refractivity contribution in [1.82, 2.24) is 9.80 Å². The standard InChI is InChI=1S/C17H32N2O6S/c1-16(2,3)24-14(21)18-10-12(13(11-18)26(7)23)19(8-9-20)15(22)25-17(4,5)6/h12-13,20H,8-11H2,1-7H3. The molecule has 0 aromatic rings. The Morgan fingerprint density at radius 3 is 2.08 bits per heavy atom. The SMILES string of the molecule is CS(=O)C1CN(C(=O)OC(C)(C)C)CC1N(CCO)C(=O)OC(C)(C)C. The molecule has 1 saturated heterocycles. The molecule has 152 valence electrons. The third kappa shape index (κ3) is 6.75. The fourth-order valence-electron chi connectivity index (χ4n) is 2.68. The number of aliphatic hydroxyl groups is 1. The Kier molecular flexibility index (Phi) is 7.47. The van der Waals surface area contributed by atoms with E-state index in [9.17, 15) is 18.9 Å². The maximum absolute atomic E-state index is 12.6. The lowest BCUT2D eigenvalue weighted by atomic mass is 10.2. The molecular formula is C17H32N2O6S. The largest absolute Gasteiger partial charge is 0.444 e. The van der Waals surface area contributed by atoms with Crippen LogP contribution in [-0.2, 0) is 20.3 Å². The van der Waals surface area contributed by atoms with Gasteiger partial charge < -0.3 is 19.5 Å².